The molecule has 0 radical (unpaired) electrons. The number of aliphatic carboxylic acids is 1. The summed E-state index contributed by atoms with van der Waals surface area (Å²) in [4.78, 5) is 22.7. The Balaban J connectivity index is 1.86. The normalized spacial score (nSPS) is 10.2. The average molecular weight is 359 g/mol. The summed E-state index contributed by atoms with van der Waals surface area (Å²) in [6.07, 6.45) is 0. The third-order valence-corrected chi connectivity index (χ3v) is 3.39. The number of carbonyl (C=O) groups excluding carboxylic acids is 1. The molecular weight excluding hydrogens is 338 g/mol. The molecular formula is C19H21NO6. The molecule has 0 saturated carbocycles. The lowest BCUT2D eigenvalue weighted by atomic mass is 10.2. The highest BCUT2D eigenvalue weighted by atomic mass is 16.5. The first-order valence-corrected chi connectivity index (χ1v) is 8.02. The molecule has 0 saturated heterocycles. The summed E-state index contributed by atoms with van der Waals surface area (Å²) in [6.45, 7) is 0.837. The third-order valence-electron chi connectivity index (χ3n) is 3.39. The van der Waals surface area contributed by atoms with E-state index in [4.69, 9.17) is 19.3 Å². The Hall–Kier alpha value is -3.06. The van der Waals surface area contributed by atoms with E-state index in [0.29, 0.717) is 36.8 Å². The van der Waals surface area contributed by atoms with E-state index in [0.717, 1.165) is 5.56 Å². The van der Waals surface area contributed by atoms with Crippen molar-refractivity contribution < 1.29 is 28.9 Å². The molecule has 1 amide bonds. The number of amides is 1. The molecule has 0 heterocycles. The smallest absolute Gasteiger partial charge is 0.341 e. The molecule has 7 nitrogen and oxygen atoms in total. The van der Waals surface area contributed by atoms with Gasteiger partial charge in [0.2, 0.25) is 0 Å². The molecule has 2 N–H and O–H groups in total. The molecule has 26 heavy (non-hydrogen) atoms. The van der Waals surface area contributed by atoms with Gasteiger partial charge in [0.05, 0.1) is 6.61 Å². The third kappa shape index (κ3) is 6.45. The summed E-state index contributed by atoms with van der Waals surface area (Å²) in [6, 6.07) is 13.7. The average Bonchev–Trinajstić information content (AvgIpc) is 2.65. The van der Waals surface area contributed by atoms with Crippen molar-refractivity contribution in [2.45, 2.75) is 6.54 Å². The number of carboxylic acid groups (broad SMARTS) is 1. The van der Waals surface area contributed by atoms with E-state index < -0.39 is 12.6 Å². The Bertz CT molecular complexity index is 729. The maximum absolute atomic E-state index is 12.2. The standard InChI is InChI=1S/C19H21NO6/c1-24-9-10-25-16-7-5-15(6-8-16)19(23)20-12-14-3-2-4-17(11-14)26-13-18(21)22/h2-8,11H,9-10,12-13H2,1H3,(H,20,23)(H,21,22). The number of hydrogen-bond acceptors (Lipinski definition) is 5. The number of nitrogens with one attached hydrogen (secondary N) is 1. The van der Waals surface area contributed by atoms with Gasteiger partial charge in [0.25, 0.3) is 5.91 Å². The first kappa shape index (κ1) is 19.3. The molecule has 138 valence electrons. The lowest BCUT2D eigenvalue weighted by Gasteiger charge is -2.09. The van der Waals surface area contributed by atoms with E-state index in [9.17, 15) is 9.59 Å². The second-order valence-corrected chi connectivity index (χ2v) is 5.38. The molecule has 0 aromatic heterocycles. The number of ether oxygens (including phenoxy) is 3. The fourth-order valence-electron chi connectivity index (χ4n) is 2.12. The summed E-state index contributed by atoms with van der Waals surface area (Å²) in [5.41, 5.74) is 1.32. The molecule has 2 aromatic carbocycles. The molecule has 0 fully saturated rings. The van der Waals surface area contributed by atoms with Gasteiger partial charge in [-0.2, -0.15) is 0 Å². The van der Waals surface area contributed by atoms with Crippen LogP contribution in [0.4, 0.5) is 0 Å². The number of rotatable bonds is 10. The Morgan fingerprint density at radius 3 is 2.46 bits per heavy atom. The van der Waals surface area contributed by atoms with Crippen LogP contribution in [0.15, 0.2) is 48.5 Å². The molecule has 2 rings (SSSR count). The lowest BCUT2D eigenvalue weighted by Crippen LogP contribution is -2.22. The molecule has 2 aromatic rings. The van der Waals surface area contributed by atoms with Crippen LogP contribution in [-0.2, 0) is 16.1 Å². The van der Waals surface area contributed by atoms with Crippen LogP contribution in [0.1, 0.15) is 15.9 Å². The van der Waals surface area contributed by atoms with E-state index in [1.807, 2.05) is 6.07 Å². The van der Waals surface area contributed by atoms with Crippen LogP contribution in [0, 0.1) is 0 Å². The van der Waals surface area contributed by atoms with Crippen LogP contribution in [0.25, 0.3) is 0 Å². The van der Waals surface area contributed by atoms with E-state index in [2.05, 4.69) is 5.32 Å². The van der Waals surface area contributed by atoms with Gasteiger partial charge in [-0.25, -0.2) is 4.79 Å². The molecule has 0 spiro atoms. The molecule has 0 bridgehead atoms. The Kier molecular flexibility index (Phi) is 7.45. The number of carbonyl (C=O) groups is 2. The predicted octanol–water partition coefficient (Wildman–Crippen LogP) is 2.11. The van der Waals surface area contributed by atoms with Gasteiger partial charge in [-0.1, -0.05) is 12.1 Å². The molecule has 0 unspecified atom stereocenters. The van der Waals surface area contributed by atoms with Gasteiger partial charge in [0.15, 0.2) is 6.61 Å². The van der Waals surface area contributed by atoms with Gasteiger partial charge in [-0.15, -0.1) is 0 Å². The van der Waals surface area contributed by atoms with Crippen molar-refractivity contribution in [1.82, 2.24) is 5.32 Å². The van der Waals surface area contributed by atoms with Crippen LogP contribution in [0.2, 0.25) is 0 Å². The highest BCUT2D eigenvalue weighted by Crippen LogP contribution is 2.14. The summed E-state index contributed by atoms with van der Waals surface area (Å²) in [5, 5.41) is 11.4. The quantitative estimate of drug-likeness (QED) is 0.631. The molecule has 0 aliphatic rings. The Labute approximate surface area is 151 Å². The minimum Gasteiger partial charge on any atom is -0.491 e. The van der Waals surface area contributed by atoms with Crippen molar-refractivity contribution >= 4 is 11.9 Å². The fraction of sp³-hybridized carbons (Fsp3) is 0.263. The molecule has 0 aliphatic carbocycles. The summed E-state index contributed by atoms with van der Waals surface area (Å²) < 4.78 is 15.5. The first-order valence-electron chi connectivity index (χ1n) is 8.02. The Morgan fingerprint density at radius 2 is 1.77 bits per heavy atom. The second kappa shape index (κ2) is 10.0. The minimum absolute atomic E-state index is 0.217. The van der Waals surface area contributed by atoms with Crippen molar-refractivity contribution in [2.75, 3.05) is 26.9 Å². The van der Waals surface area contributed by atoms with Crippen molar-refractivity contribution in [3.8, 4) is 11.5 Å². The maximum atomic E-state index is 12.2. The predicted molar refractivity (Wildman–Crippen MR) is 94.6 cm³/mol. The monoisotopic (exact) mass is 359 g/mol. The highest BCUT2D eigenvalue weighted by Gasteiger charge is 2.06. The zero-order chi connectivity index (χ0) is 18.8. The second-order valence-electron chi connectivity index (χ2n) is 5.38. The van der Waals surface area contributed by atoms with Gasteiger partial charge in [-0.05, 0) is 42.0 Å². The van der Waals surface area contributed by atoms with Crippen molar-refractivity contribution in [3.63, 3.8) is 0 Å². The Morgan fingerprint density at radius 1 is 1.00 bits per heavy atom. The van der Waals surface area contributed by atoms with E-state index in [1.54, 1.807) is 49.6 Å². The summed E-state index contributed by atoms with van der Waals surface area (Å²) >= 11 is 0. The first-order chi connectivity index (χ1) is 12.6. The summed E-state index contributed by atoms with van der Waals surface area (Å²) in [7, 11) is 1.60. The van der Waals surface area contributed by atoms with Gasteiger partial charge >= 0.3 is 5.97 Å². The van der Waals surface area contributed by atoms with Gasteiger partial charge in [0.1, 0.15) is 18.1 Å². The fourth-order valence-corrected chi connectivity index (χ4v) is 2.12. The molecule has 7 heteroatoms. The highest BCUT2D eigenvalue weighted by molar-refractivity contribution is 5.94. The van der Waals surface area contributed by atoms with Crippen LogP contribution >= 0.6 is 0 Å². The largest absolute Gasteiger partial charge is 0.491 e. The molecule has 0 aliphatic heterocycles. The van der Waals surface area contributed by atoms with E-state index >= 15 is 0 Å². The van der Waals surface area contributed by atoms with Crippen molar-refractivity contribution in [1.29, 1.82) is 0 Å². The minimum atomic E-state index is -1.04. The van der Waals surface area contributed by atoms with Gasteiger partial charge < -0.3 is 24.6 Å². The lowest BCUT2D eigenvalue weighted by molar-refractivity contribution is -0.139. The van der Waals surface area contributed by atoms with Gasteiger partial charge in [-0.3, -0.25) is 4.79 Å². The summed E-state index contributed by atoms with van der Waals surface area (Å²) in [5.74, 6) is -0.151. The zero-order valence-corrected chi connectivity index (χ0v) is 14.4. The van der Waals surface area contributed by atoms with Crippen LogP contribution in [0.5, 0.6) is 11.5 Å². The van der Waals surface area contributed by atoms with Crippen LogP contribution < -0.4 is 14.8 Å². The number of carboxylic acids is 1. The van der Waals surface area contributed by atoms with Crippen molar-refractivity contribution in [2.24, 2.45) is 0 Å². The SMILES string of the molecule is COCCOc1ccc(C(=O)NCc2cccc(OCC(=O)O)c2)cc1. The zero-order valence-electron chi connectivity index (χ0n) is 14.4. The van der Waals surface area contributed by atoms with Crippen molar-refractivity contribution in [3.05, 3.63) is 59.7 Å². The van der Waals surface area contributed by atoms with Gasteiger partial charge in [0, 0.05) is 19.2 Å². The van der Waals surface area contributed by atoms with Crippen LogP contribution in [-0.4, -0.2) is 43.9 Å². The molecule has 0 atom stereocenters. The topological polar surface area (TPSA) is 94.1 Å². The number of benzene rings is 2. The number of methoxy groups -OCH3 is 1. The van der Waals surface area contributed by atoms with Crippen LogP contribution in [0.3, 0.4) is 0 Å². The maximum Gasteiger partial charge on any atom is 0.341 e. The van der Waals surface area contributed by atoms with E-state index in [-0.39, 0.29) is 5.91 Å². The number of hydrogen-bond donors (Lipinski definition) is 2. The van der Waals surface area contributed by atoms with E-state index in [1.165, 1.54) is 0 Å².